The van der Waals surface area contributed by atoms with Gasteiger partial charge in [-0.2, -0.15) is 5.26 Å². The third-order valence-electron chi connectivity index (χ3n) is 3.86. The minimum Gasteiger partial charge on any atom is -0.350 e. The second-order valence-corrected chi connectivity index (χ2v) is 5.61. The Morgan fingerprint density at radius 2 is 2.00 bits per heavy atom. The third-order valence-corrected chi connectivity index (χ3v) is 4.10. The van der Waals surface area contributed by atoms with Gasteiger partial charge in [0.25, 0.3) is 0 Å². The first-order valence-corrected chi connectivity index (χ1v) is 7.69. The van der Waals surface area contributed by atoms with Crippen LogP contribution in [0, 0.1) is 11.3 Å². The zero-order chi connectivity index (χ0) is 15.5. The van der Waals surface area contributed by atoms with Gasteiger partial charge in [-0.3, -0.25) is 0 Å². The number of aromatic nitrogens is 3. The second kappa shape index (κ2) is 6.34. The fourth-order valence-electron chi connectivity index (χ4n) is 2.58. The largest absolute Gasteiger partial charge is 0.350 e. The smallest absolute Gasteiger partial charge is 0.207 e. The van der Waals surface area contributed by atoms with Crippen molar-refractivity contribution in [3.8, 4) is 11.8 Å². The first kappa shape index (κ1) is 14.8. The van der Waals surface area contributed by atoms with Gasteiger partial charge in [0.2, 0.25) is 5.69 Å². The van der Waals surface area contributed by atoms with E-state index in [-0.39, 0.29) is 0 Å². The van der Waals surface area contributed by atoms with Crippen molar-refractivity contribution in [2.75, 3.05) is 37.6 Å². The Labute approximate surface area is 134 Å². The van der Waals surface area contributed by atoms with E-state index in [9.17, 15) is 5.26 Å². The Balaban J connectivity index is 1.88. The topological polar surface area (TPSA) is 61.0 Å². The fraction of sp³-hybridized carbons (Fsp3) is 0.400. The van der Waals surface area contributed by atoms with Gasteiger partial charge in [0.1, 0.15) is 6.07 Å². The predicted octanol–water partition coefficient (Wildman–Crippen LogP) is 1.93. The lowest BCUT2D eigenvalue weighted by Gasteiger charge is -2.33. The average molecular weight is 317 g/mol. The maximum absolute atomic E-state index is 9.33. The van der Waals surface area contributed by atoms with E-state index in [0.29, 0.717) is 16.5 Å². The van der Waals surface area contributed by atoms with Gasteiger partial charge in [-0.05, 0) is 24.7 Å². The van der Waals surface area contributed by atoms with Crippen LogP contribution in [0.1, 0.15) is 12.6 Å². The van der Waals surface area contributed by atoms with Crippen molar-refractivity contribution >= 4 is 17.4 Å². The molecule has 22 heavy (non-hydrogen) atoms. The summed E-state index contributed by atoms with van der Waals surface area (Å²) in [4.78, 5) is 5.98. The number of benzene rings is 1. The first-order valence-electron chi connectivity index (χ1n) is 7.32. The fourth-order valence-corrected chi connectivity index (χ4v) is 2.76. The zero-order valence-electron chi connectivity index (χ0n) is 12.4. The first-order chi connectivity index (χ1) is 10.7. The molecule has 1 aliphatic heterocycles. The highest BCUT2D eigenvalue weighted by atomic mass is 35.5. The lowest BCUT2D eigenvalue weighted by molar-refractivity contribution is 0.270. The van der Waals surface area contributed by atoms with Crippen LogP contribution in [0.3, 0.4) is 0 Å². The summed E-state index contributed by atoms with van der Waals surface area (Å²) in [6.07, 6.45) is 0. The summed E-state index contributed by atoms with van der Waals surface area (Å²) >= 11 is 6.01. The predicted molar refractivity (Wildman–Crippen MR) is 85.4 cm³/mol. The second-order valence-electron chi connectivity index (χ2n) is 5.17. The molecule has 2 heterocycles. The lowest BCUT2D eigenvalue weighted by atomic mass is 10.3. The Bertz CT molecular complexity index is 696. The van der Waals surface area contributed by atoms with E-state index >= 15 is 0 Å². The summed E-state index contributed by atoms with van der Waals surface area (Å²) in [5, 5.41) is 18.7. The number of anilines is 1. The van der Waals surface area contributed by atoms with Gasteiger partial charge in [0.05, 0.1) is 5.69 Å². The van der Waals surface area contributed by atoms with Crippen LogP contribution < -0.4 is 4.90 Å². The molecule has 1 fully saturated rings. The number of halogens is 1. The SMILES string of the molecule is CCN1CCN(c2nn(-c3cccc(Cl)c3)nc2C#N)CC1. The Kier molecular flexibility index (Phi) is 4.27. The normalized spacial score (nSPS) is 15.8. The van der Waals surface area contributed by atoms with E-state index in [4.69, 9.17) is 11.6 Å². The van der Waals surface area contributed by atoms with Crippen LogP contribution in [-0.2, 0) is 0 Å². The molecule has 7 heteroatoms. The van der Waals surface area contributed by atoms with Crippen LogP contribution in [0.2, 0.25) is 5.02 Å². The standard InChI is InChI=1S/C15H17ClN6/c1-2-20-6-8-21(9-7-20)15-14(11-17)18-22(19-15)13-5-3-4-12(16)10-13/h3-5,10H,2,6-9H2,1H3. The lowest BCUT2D eigenvalue weighted by Crippen LogP contribution is -2.46. The van der Waals surface area contributed by atoms with Crippen LogP contribution in [0.15, 0.2) is 24.3 Å². The van der Waals surface area contributed by atoms with Crippen molar-refractivity contribution < 1.29 is 0 Å². The number of piperazine rings is 1. The van der Waals surface area contributed by atoms with Crippen molar-refractivity contribution in [2.24, 2.45) is 0 Å². The average Bonchev–Trinajstić information content (AvgIpc) is 2.99. The van der Waals surface area contributed by atoms with Gasteiger partial charge in [-0.1, -0.05) is 24.6 Å². The number of hydrogen-bond acceptors (Lipinski definition) is 5. The molecule has 0 unspecified atom stereocenters. The number of likely N-dealkylation sites (N-methyl/N-ethyl adjacent to an activating group) is 1. The van der Waals surface area contributed by atoms with Crippen LogP contribution in [0.5, 0.6) is 0 Å². The molecular weight excluding hydrogens is 300 g/mol. The third kappa shape index (κ3) is 2.91. The van der Waals surface area contributed by atoms with Crippen LogP contribution in [-0.4, -0.2) is 52.6 Å². The number of nitrogens with zero attached hydrogens (tertiary/aromatic N) is 6. The van der Waals surface area contributed by atoms with Crippen LogP contribution >= 0.6 is 11.6 Å². The molecule has 0 bridgehead atoms. The monoisotopic (exact) mass is 316 g/mol. The highest BCUT2D eigenvalue weighted by Gasteiger charge is 2.22. The van der Waals surface area contributed by atoms with Gasteiger partial charge in [0.15, 0.2) is 5.82 Å². The van der Waals surface area contributed by atoms with Crippen LogP contribution in [0.25, 0.3) is 5.69 Å². The molecule has 0 saturated carbocycles. The molecule has 1 aromatic carbocycles. The van der Waals surface area contributed by atoms with Gasteiger partial charge >= 0.3 is 0 Å². The highest BCUT2D eigenvalue weighted by Crippen LogP contribution is 2.20. The molecule has 0 aliphatic carbocycles. The highest BCUT2D eigenvalue weighted by molar-refractivity contribution is 6.30. The van der Waals surface area contributed by atoms with E-state index in [0.717, 1.165) is 38.4 Å². The molecule has 1 saturated heterocycles. The molecule has 114 valence electrons. The van der Waals surface area contributed by atoms with Crippen molar-refractivity contribution in [1.29, 1.82) is 5.26 Å². The number of nitriles is 1. The van der Waals surface area contributed by atoms with Gasteiger partial charge in [-0.25, -0.2) is 0 Å². The van der Waals surface area contributed by atoms with Gasteiger partial charge < -0.3 is 9.80 Å². The summed E-state index contributed by atoms with van der Waals surface area (Å²) in [6.45, 7) is 6.88. The summed E-state index contributed by atoms with van der Waals surface area (Å²) < 4.78 is 0. The molecule has 0 amide bonds. The minimum atomic E-state index is 0.352. The Hall–Kier alpha value is -2.10. The maximum atomic E-state index is 9.33. The maximum Gasteiger partial charge on any atom is 0.207 e. The molecule has 0 spiro atoms. The molecule has 6 nitrogen and oxygen atoms in total. The Morgan fingerprint density at radius 1 is 1.23 bits per heavy atom. The van der Waals surface area contributed by atoms with E-state index in [2.05, 4.69) is 33.0 Å². The van der Waals surface area contributed by atoms with E-state index in [1.165, 1.54) is 4.80 Å². The van der Waals surface area contributed by atoms with Crippen molar-refractivity contribution in [3.63, 3.8) is 0 Å². The van der Waals surface area contributed by atoms with Crippen LogP contribution in [0.4, 0.5) is 5.82 Å². The number of hydrogen-bond donors (Lipinski definition) is 0. The molecule has 1 aromatic heterocycles. The molecule has 2 aromatic rings. The molecular formula is C15H17ClN6. The van der Waals surface area contributed by atoms with E-state index in [1.54, 1.807) is 12.1 Å². The summed E-state index contributed by atoms with van der Waals surface area (Å²) in [5.41, 5.74) is 1.10. The quantitative estimate of drug-likeness (QED) is 0.866. The van der Waals surface area contributed by atoms with E-state index < -0.39 is 0 Å². The zero-order valence-corrected chi connectivity index (χ0v) is 13.2. The summed E-state index contributed by atoms with van der Waals surface area (Å²) in [7, 11) is 0. The number of rotatable bonds is 3. The molecule has 3 rings (SSSR count). The summed E-state index contributed by atoms with van der Waals surface area (Å²) in [5.74, 6) is 0.651. The minimum absolute atomic E-state index is 0.352. The molecule has 0 atom stereocenters. The Morgan fingerprint density at radius 3 is 2.64 bits per heavy atom. The van der Waals surface area contributed by atoms with Gasteiger partial charge in [-0.15, -0.1) is 15.0 Å². The van der Waals surface area contributed by atoms with Crippen molar-refractivity contribution in [2.45, 2.75) is 6.92 Å². The molecule has 1 aliphatic rings. The molecule has 0 N–H and O–H groups in total. The van der Waals surface area contributed by atoms with Gasteiger partial charge in [0, 0.05) is 31.2 Å². The van der Waals surface area contributed by atoms with Crippen molar-refractivity contribution in [3.05, 3.63) is 35.0 Å². The summed E-state index contributed by atoms with van der Waals surface area (Å²) in [6, 6.07) is 9.42. The van der Waals surface area contributed by atoms with Crippen molar-refractivity contribution in [1.82, 2.24) is 19.9 Å². The van der Waals surface area contributed by atoms with E-state index in [1.807, 2.05) is 12.1 Å². The molecule has 0 radical (unpaired) electrons.